The van der Waals surface area contributed by atoms with Crippen molar-refractivity contribution >= 4 is 11.3 Å². The van der Waals surface area contributed by atoms with Gasteiger partial charge in [0.25, 0.3) is 5.82 Å². The second-order valence-electron chi connectivity index (χ2n) is 2.30. The van der Waals surface area contributed by atoms with E-state index in [9.17, 15) is 0 Å². The number of nitriles is 1. The Morgan fingerprint density at radius 3 is 3.08 bits per heavy atom. The second-order valence-corrected chi connectivity index (χ2v) is 3.28. The van der Waals surface area contributed by atoms with Gasteiger partial charge in [-0.1, -0.05) is 0 Å². The fourth-order valence-electron chi connectivity index (χ4n) is 0.892. The van der Waals surface area contributed by atoms with Crippen LogP contribution in [0.3, 0.4) is 0 Å². The molecule has 0 spiro atoms. The summed E-state index contributed by atoms with van der Waals surface area (Å²) in [4.78, 5) is 7.88. The van der Waals surface area contributed by atoms with Gasteiger partial charge >= 0.3 is 0 Å². The Bertz CT molecular complexity index is 424. The molecule has 0 aliphatic carbocycles. The number of nitrogens with zero attached hydrogens (tertiary/aromatic N) is 5. The molecule has 64 valence electrons. The molecule has 0 aromatic carbocycles. The molecule has 0 fully saturated rings. The monoisotopic (exact) mass is 191 g/mol. The standard InChI is InChI=1S/C7H5N5S/c8-3-6-10-5-12(11-6)4-7-9-1-2-13-7/h1-2,5H,4H2. The third kappa shape index (κ3) is 1.71. The molecular formula is C7H5N5S. The summed E-state index contributed by atoms with van der Waals surface area (Å²) in [6.07, 6.45) is 3.27. The van der Waals surface area contributed by atoms with Crippen LogP contribution < -0.4 is 0 Å². The van der Waals surface area contributed by atoms with E-state index in [1.807, 2.05) is 11.4 Å². The van der Waals surface area contributed by atoms with E-state index in [1.165, 1.54) is 6.33 Å². The van der Waals surface area contributed by atoms with Crippen LogP contribution in [0.2, 0.25) is 0 Å². The number of rotatable bonds is 2. The van der Waals surface area contributed by atoms with Gasteiger partial charge in [0.15, 0.2) is 0 Å². The Hall–Kier alpha value is -1.74. The summed E-state index contributed by atoms with van der Waals surface area (Å²) < 4.78 is 1.59. The van der Waals surface area contributed by atoms with Crippen molar-refractivity contribution in [3.05, 3.63) is 28.7 Å². The minimum atomic E-state index is 0.191. The van der Waals surface area contributed by atoms with Crippen molar-refractivity contribution in [2.75, 3.05) is 0 Å². The van der Waals surface area contributed by atoms with Gasteiger partial charge in [0.2, 0.25) is 0 Å². The maximum absolute atomic E-state index is 8.48. The molecule has 6 heteroatoms. The topological polar surface area (TPSA) is 67.4 Å². The first-order valence-electron chi connectivity index (χ1n) is 3.56. The highest BCUT2D eigenvalue weighted by atomic mass is 32.1. The van der Waals surface area contributed by atoms with Crippen molar-refractivity contribution in [1.29, 1.82) is 5.26 Å². The smallest absolute Gasteiger partial charge is 0.248 e. The van der Waals surface area contributed by atoms with Crippen molar-refractivity contribution < 1.29 is 0 Å². The van der Waals surface area contributed by atoms with Crippen LogP contribution in [0.5, 0.6) is 0 Å². The van der Waals surface area contributed by atoms with Gasteiger partial charge in [-0.05, 0) is 0 Å². The van der Waals surface area contributed by atoms with Crippen molar-refractivity contribution in [3.8, 4) is 6.07 Å². The summed E-state index contributed by atoms with van der Waals surface area (Å²) in [6.45, 7) is 0.576. The molecule has 0 N–H and O–H groups in total. The van der Waals surface area contributed by atoms with Crippen molar-refractivity contribution in [2.24, 2.45) is 0 Å². The van der Waals surface area contributed by atoms with E-state index >= 15 is 0 Å². The Kier molecular flexibility index (Phi) is 2.02. The lowest BCUT2D eigenvalue weighted by atomic mass is 10.7. The van der Waals surface area contributed by atoms with Crippen LogP contribution in [-0.2, 0) is 6.54 Å². The van der Waals surface area contributed by atoms with E-state index < -0.39 is 0 Å². The van der Waals surface area contributed by atoms with Gasteiger partial charge in [-0.15, -0.1) is 16.4 Å². The molecule has 13 heavy (non-hydrogen) atoms. The van der Waals surface area contributed by atoms with Crippen LogP contribution in [0.1, 0.15) is 10.8 Å². The normalized spacial score (nSPS) is 9.77. The number of thiazole rings is 1. The molecule has 2 rings (SSSR count). The summed E-state index contributed by atoms with van der Waals surface area (Å²) >= 11 is 1.55. The summed E-state index contributed by atoms with van der Waals surface area (Å²) in [7, 11) is 0. The van der Waals surface area contributed by atoms with E-state index in [2.05, 4.69) is 15.1 Å². The number of aromatic nitrogens is 4. The van der Waals surface area contributed by atoms with E-state index in [4.69, 9.17) is 5.26 Å². The molecule has 2 heterocycles. The summed E-state index contributed by atoms with van der Waals surface area (Å²) in [5.74, 6) is 0.191. The Morgan fingerprint density at radius 2 is 2.46 bits per heavy atom. The lowest BCUT2D eigenvalue weighted by Crippen LogP contribution is -1.99. The largest absolute Gasteiger partial charge is 0.252 e. The molecule has 0 bridgehead atoms. The molecule has 0 saturated heterocycles. The van der Waals surface area contributed by atoms with E-state index in [1.54, 1.807) is 22.2 Å². The molecule has 0 radical (unpaired) electrons. The Balaban J connectivity index is 2.15. The van der Waals surface area contributed by atoms with Crippen LogP contribution in [0.4, 0.5) is 0 Å². The molecule has 0 aliphatic heterocycles. The highest BCUT2D eigenvalue weighted by Gasteiger charge is 2.00. The predicted octanol–water partition coefficient (Wildman–Crippen LogP) is 0.655. The van der Waals surface area contributed by atoms with Gasteiger partial charge in [-0.2, -0.15) is 5.26 Å². The van der Waals surface area contributed by atoms with Crippen molar-refractivity contribution in [1.82, 2.24) is 19.7 Å². The van der Waals surface area contributed by atoms with Crippen molar-refractivity contribution in [3.63, 3.8) is 0 Å². The minimum Gasteiger partial charge on any atom is -0.248 e. The van der Waals surface area contributed by atoms with Gasteiger partial charge in [0.1, 0.15) is 17.4 Å². The fraction of sp³-hybridized carbons (Fsp3) is 0.143. The molecular weight excluding hydrogens is 186 g/mol. The molecule has 2 aromatic heterocycles. The summed E-state index contributed by atoms with van der Waals surface area (Å²) in [5, 5.41) is 15.2. The molecule has 0 unspecified atom stereocenters. The SMILES string of the molecule is N#Cc1ncn(Cc2nccs2)n1. The van der Waals surface area contributed by atoms with E-state index in [0.717, 1.165) is 5.01 Å². The third-order valence-electron chi connectivity index (χ3n) is 1.42. The van der Waals surface area contributed by atoms with Gasteiger partial charge in [-0.3, -0.25) is 0 Å². The van der Waals surface area contributed by atoms with Gasteiger partial charge in [0, 0.05) is 11.6 Å². The first-order chi connectivity index (χ1) is 6.38. The third-order valence-corrected chi connectivity index (χ3v) is 2.18. The Morgan fingerprint density at radius 1 is 1.54 bits per heavy atom. The quantitative estimate of drug-likeness (QED) is 0.699. The first kappa shape index (κ1) is 7.89. The molecule has 0 saturated carbocycles. The van der Waals surface area contributed by atoms with Crippen LogP contribution in [-0.4, -0.2) is 19.7 Å². The average Bonchev–Trinajstić information content (AvgIpc) is 2.76. The van der Waals surface area contributed by atoms with E-state index in [0.29, 0.717) is 6.54 Å². The van der Waals surface area contributed by atoms with Crippen LogP contribution in [0, 0.1) is 11.3 Å². The predicted molar refractivity (Wildman–Crippen MR) is 46.0 cm³/mol. The van der Waals surface area contributed by atoms with Gasteiger partial charge in [-0.25, -0.2) is 14.6 Å². The molecule has 0 amide bonds. The van der Waals surface area contributed by atoms with E-state index in [-0.39, 0.29) is 5.82 Å². The fourth-order valence-corrected chi connectivity index (χ4v) is 1.50. The lowest BCUT2D eigenvalue weighted by Gasteiger charge is -1.93. The van der Waals surface area contributed by atoms with Crippen LogP contribution >= 0.6 is 11.3 Å². The Labute approximate surface area is 78.3 Å². The minimum absolute atomic E-state index is 0.191. The lowest BCUT2D eigenvalue weighted by molar-refractivity contribution is 0.679. The molecule has 0 atom stereocenters. The highest BCUT2D eigenvalue weighted by molar-refractivity contribution is 7.09. The zero-order valence-electron chi connectivity index (χ0n) is 6.58. The summed E-state index contributed by atoms with van der Waals surface area (Å²) in [5.41, 5.74) is 0. The summed E-state index contributed by atoms with van der Waals surface area (Å²) in [6, 6.07) is 1.87. The maximum atomic E-state index is 8.48. The average molecular weight is 191 g/mol. The van der Waals surface area contributed by atoms with Crippen LogP contribution in [0.25, 0.3) is 0 Å². The van der Waals surface area contributed by atoms with Crippen molar-refractivity contribution in [2.45, 2.75) is 6.54 Å². The van der Waals surface area contributed by atoms with Gasteiger partial charge in [0.05, 0.1) is 6.54 Å². The number of hydrogen-bond donors (Lipinski definition) is 0. The molecule has 5 nitrogen and oxygen atoms in total. The zero-order chi connectivity index (χ0) is 9.10. The highest BCUT2D eigenvalue weighted by Crippen LogP contribution is 2.05. The second kappa shape index (κ2) is 3.33. The zero-order valence-corrected chi connectivity index (χ0v) is 7.40. The van der Waals surface area contributed by atoms with Crippen LogP contribution in [0.15, 0.2) is 17.9 Å². The van der Waals surface area contributed by atoms with Gasteiger partial charge < -0.3 is 0 Å². The molecule has 0 aliphatic rings. The maximum Gasteiger partial charge on any atom is 0.252 e. The number of hydrogen-bond acceptors (Lipinski definition) is 5. The molecule has 2 aromatic rings. The first-order valence-corrected chi connectivity index (χ1v) is 4.44.